The minimum Gasteiger partial charge on any atom is -0.455 e. The predicted octanol–water partition coefficient (Wildman–Crippen LogP) is 4.14. The molecule has 1 heterocycles. The molecule has 0 fully saturated rings. The van der Waals surface area contributed by atoms with Gasteiger partial charge >= 0.3 is 0 Å². The molecule has 0 aromatic heterocycles. The number of carbonyl (C=O) groups excluding carboxylic acids is 3. The van der Waals surface area contributed by atoms with E-state index in [9.17, 15) is 14.4 Å². The summed E-state index contributed by atoms with van der Waals surface area (Å²) in [5.41, 5.74) is 1.52. The number of imide groups is 1. The summed E-state index contributed by atoms with van der Waals surface area (Å²) in [5, 5.41) is 0. The fourth-order valence-electron chi connectivity index (χ4n) is 2.92. The van der Waals surface area contributed by atoms with Gasteiger partial charge in [-0.1, -0.05) is 42.5 Å². The Balaban J connectivity index is 1.57. The molecule has 3 aromatic carbocycles. The van der Waals surface area contributed by atoms with Crippen molar-refractivity contribution in [2.24, 2.45) is 0 Å². The van der Waals surface area contributed by atoms with E-state index < -0.39 is 11.8 Å². The second-order valence-electron chi connectivity index (χ2n) is 6.13. The highest BCUT2D eigenvalue weighted by molar-refractivity contribution is 6.28. The number of nitrogens with zero attached hydrogens (tertiary/aromatic N) is 1. The fourth-order valence-corrected chi connectivity index (χ4v) is 2.92. The molecule has 4 rings (SSSR count). The molecular formula is C23H15NO4. The van der Waals surface area contributed by atoms with Gasteiger partial charge in [0.25, 0.3) is 11.8 Å². The van der Waals surface area contributed by atoms with Crippen LogP contribution in [0.25, 0.3) is 0 Å². The van der Waals surface area contributed by atoms with Crippen LogP contribution in [-0.4, -0.2) is 17.6 Å². The highest BCUT2D eigenvalue weighted by atomic mass is 16.5. The quantitative estimate of drug-likeness (QED) is 0.501. The predicted molar refractivity (Wildman–Crippen MR) is 104 cm³/mol. The summed E-state index contributed by atoms with van der Waals surface area (Å²) in [6.07, 6.45) is 2.45. The highest BCUT2D eigenvalue weighted by Crippen LogP contribution is 2.33. The van der Waals surface area contributed by atoms with Crippen LogP contribution in [0.4, 0.5) is 5.69 Å². The first-order valence-electron chi connectivity index (χ1n) is 8.66. The summed E-state index contributed by atoms with van der Waals surface area (Å²) in [6.45, 7) is 0. The van der Waals surface area contributed by atoms with Gasteiger partial charge in [-0.25, -0.2) is 4.90 Å². The molecule has 1 aliphatic rings. The lowest BCUT2D eigenvalue weighted by molar-refractivity contribution is -0.120. The Kier molecular flexibility index (Phi) is 4.56. The monoisotopic (exact) mass is 369 g/mol. The molecule has 0 saturated heterocycles. The highest BCUT2D eigenvalue weighted by Gasteiger charge is 2.27. The molecule has 0 N–H and O–H groups in total. The normalized spacial score (nSPS) is 13.1. The van der Waals surface area contributed by atoms with Crippen LogP contribution in [-0.2, 0) is 9.59 Å². The van der Waals surface area contributed by atoms with Gasteiger partial charge in [0.15, 0.2) is 11.5 Å². The van der Waals surface area contributed by atoms with Crippen molar-refractivity contribution in [2.45, 2.75) is 0 Å². The zero-order valence-corrected chi connectivity index (χ0v) is 14.7. The molecule has 136 valence electrons. The smallest absolute Gasteiger partial charge is 0.258 e. The summed E-state index contributed by atoms with van der Waals surface area (Å²) in [7, 11) is 0. The average molecular weight is 369 g/mol. The molecule has 28 heavy (non-hydrogen) atoms. The summed E-state index contributed by atoms with van der Waals surface area (Å²) in [6, 6.07) is 22.5. The fraction of sp³-hybridized carbons (Fsp3) is 0. The largest absolute Gasteiger partial charge is 0.455 e. The number of amides is 2. The molecule has 3 aromatic rings. The Morgan fingerprint density at radius 3 is 1.93 bits per heavy atom. The third-order valence-corrected chi connectivity index (χ3v) is 4.30. The summed E-state index contributed by atoms with van der Waals surface area (Å²) >= 11 is 0. The van der Waals surface area contributed by atoms with E-state index in [-0.39, 0.29) is 5.78 Å². The molecule has 5 heteroatoms. The van der Waals surface area contributed by atoms with E-state index in [2.05, 4.69) is 0 Å². The van der Waals surface area contributed by atoms with Gasteiger partial charge in [0.05, 0.1) is 5.69 Å². The third kappa shape index (κ3) is 3.33. The first-order chi connectivity index (χ1) is 13.6. The van der Waals surface area contributed by atoms with Crippen LogP contribution in [0.2, 0.25) is 0 Å². The molecule has 0 radical (unpaired) electrons. The number of hydrogen-bond donors (Lipinski definition) is 0. The summed E-state index contributed by atoms with van der Waals surface area (Å²) < 4.78 is 5.87. The number of ether oxygens (including phenoxy) is 1. The zero-order chi connectivity index (χ0) is 19.5. The van der Waals surface area contributed by atoms with E-state index >= 15 is 0 Å². The lowest BCUT2D eigenvalue weighted by Crippen LogP contribution is -2.29. The third-order valence-electron chi connectivity index (χ3n) is 4.30. The maximum atomic E-state index is 12.5. The van der Waals surface area contributed by atoms with Crippen LogP contribution in [0.5, 0.6) is 11.5 Å². The summed E-state index contributed by atoms with van der Waals surface area (Å²) in [4.78, 5) is 37.5. The Morgan fingerprint density at radius 1 is 0.679 bits per heavy atom. The molecule has 0 atom stereocenters. The topological polar surface area (TPSA) is 63.7 Å². The van der Waals surface area contributed by atoms with Crippen molar-refractivity contribution in [3.05, 3.63) is 102 Å². The van der Waals surface area contributed by atoms with Crippen molar-refractivity contribution in [3.63, 3.8) is 0 Å². The summed E-state index contributed by atoms with van der Waals surface area (Å²) in [5.74, 6) is -0.0410. The number of ketones is 1. The standard InChI is InChI=1S/C23H15NO4/c25-21-14-15-22(26)24(21)19-8-4-5-9-20(19)28-18-12-10-17(11-13-18)23(27)16-6-2-1-3-7-16/h1-15H. The van der Waals surface area contributed by atoms with E-state index in [4.69, 9.17) is 4.74 Å². The molecule has 2 amide bonds. The molecule has 0 unspecified atom stereocenters. The number of hydrogen-bond acceptors (Lipinski definition) is 4. The lowest BCUT2D eigenvalue weighted by atomic mass is 10.0. The SMILES string of the molecule is O=C(c1ccccc1)c1ccc(Oc2ccccc2N2C(=O)C=CC2=O)cc1. The van der Waals surface area contributed by atoms with E-state index in [1.807, 2.05) is 18.2 Å². The van der Waals surface area contributed by atoms with E-state index in [0.717, 1.165) is 4.90 Å². The van der Waals surface area contributed by atoms with Crippen molar-refractivity contribution in [1.82, 2.24) is 0 Å². The maximum absolute atomic E-state index is 12.5. The van der Waals surface area contributed by atoms with E-state index in [1.54, 1.807) is 60.7 Å². The van der Waals surface area contributed by atoms with Crippen LogP contribution in [0, 0.1) is 0 Å². The van der Waals surface area contributed by atoms with Crippen LogP contribution in [0.15, 0.2) is 91.0 Å². The van der Waals surface area contributed by atoms with Gasteiger partial charge in [-0.15, -0.1) is 0 Å². The Bertz CT molecular complexity index is 1070. The number of anilines is 1. The number of rotatable bonds is 5. The number of carbonyl (C=O) groups is 3. The van der Waals surface area contributed by atoms with Crippen LogP contribution >= 0.6 is 0 Å². The van der Waals surface area contributed by atoms with Crippen molar-refractivity contribution in [2.75, 3.05) is 4.90 Å². The van der Waals surface area contributed by atoms with Gasteiger partial charge in [-0.05, 0) is 36.4 Å². The van der Waals surface area contributed by atoms with Crippen LogP contribution in [0.1, 0.15) is 15.9 Å². The van der Waals surface area contributed by atoms with Gasteiger partial charge in [0, 0.05) is 23.3 Å². The van der Waals surface area contributed by atoms with E-state index in [1.165, 1.54) is 12.2 Å². The van der Waals surface area contributed by atoms with E-state index in [0.29, 0.717) is 28.3 Å². The van der Waals surface area contributed by atoms with Gasteiger partial charge in [-0.2, -0.15) is 0 Å². The van der Waals surface area contributed by atoms with Crippen LogP contribution in [0.3, 0.4) is 0 Å². The van der Waals surface area contributed by atoms with Gasteiger partial charge < -0.3 is 4.74 Å². The molecule has 0 spiro atoms. The maximum Gasteiger partial charge on any atom is 0.258 e. The lowest BCUT2D eigenvalue weighted by Gasteiger charge is -2.18. The minimum atomic E-state index is -0.412. The van der Waals surface area contributed by atoms with Crippen LogP contribution < -0.4 is 9.64 Å². The Morgan fingerprint density at radius 2 is 1.25 bits per heavy atom. The molecule has 5 nitrogen and oxygen atoms in total. The first-order valence-corrected chi connectivity index (χ1v) is 8.66. The van der Waals surface area contributed by atoms with Crippen molar-refractivity contribution in [1.29, 1.82) is 0 Å². The van der Waals surface area contributed by atoms with Gasteiger partial charge in [-0.3, -0.25) is 14.4 Å². The van der Waals surface area contributed by atoms with Crippen molar-refractivity contribution < 1.29 is 19.1 Å². The second kappa shape index (κ2) is 7.32. The Labute approximate surface area is 161 Å². The second-order valence-corrected chi connectivity index (χ2v) is 6.13. The average Bonchev–Trinajstić information content (AvgIpc) is 3.07. The van der Waals surface area contributed by atoms with Gasteiger partial charge in [0.1, 0.15) is 5.75 Å². The molecular weight excluding hydrogens is 354 g/mol. The minimum absolute atomic E-state index is 0.0770. The number of para-hydroxylation sites is 2. The van der Waals surface area contributed by atoms with Crippen molar-refractivity contribution in [3.8, 4) is 11.5 Å². The molecule has 0 saturated carbocycles. The van der Waals surface area contributed by atoms with Crippen molar-refractivity contribution >= 4 is 23.3 Å². The molecule has 0 bridgehead atoms. The number of benzene rings is 3. The Hall–Kier alpha value is -3.99. The van der Waals surface area contributed by atoms with Gasteiger partial charge in [0.2, 0.25) is 0 Å². The zero-order valence-electron chi connectivity index (χ0n) is 14.7. The molecule has 0 aliphatic carbocycles. The molecule has 1 aliphatic heterocycles. The first kappa shape index (κ1) is 17.4.